The third-order valence-electron chi connectivity index (χ3n) is 2.43. The van der Waals surface area contributed by atoms with Crippen molar-refractivity contribution >= 4 is 12.0 Å². The van der Waals surface area contributed by atoms with Gasteiger partial charge in [-0.25, -0.2) is 15.1 Å². The van der Waals surface area contributed by atoms with Crippen LogP contribution in [-0.4, -0.2) is 43.0 Å². The summed E-state index contributed by atoms with van der Waals surface area (Å²) in [7, 11) is 1.60. The third kappa shape index (κ3) is 4.03. The van der Waals surface area contributed by atoms with Crippen LogP contribution >= 0.6 is 0 Å². The van der Waals surface area contributed by atoms with Crippen molar-refractivity contribution in [2.45, 2.75) is 31.4 Å². The number of aliphatic carboxylic acids is 1. The van der Waals surface area contributed by atoms with Crippen molar-refractivity contribution in [3.63, 3.8) is 0 Å². The fourth-order valence-corrected chi connectivity index (χ4v) is 1.73. The Kier molecular flexibility index (Phi) is 5.00. The van der Waals surface area contributed by atoms with E-state index in [-0.39, 0.29) is 12.1 Å². The maximum atomic E-state index is 11.2. The Morgan fingerprint density at radius 3 is 2.81 bits per heavy atom. The van der Waals surface area contributed by atoms with E-state index in [2.05, 4.69) is 10.2 Å². The van der Waals surface area contributed by atoms with Crippen LogP contribution in [0.2, 0.25) is 0 Å². The molecular formula is C9H16N2O5. The Hall–Kier alpha value is -1.34. The number of carbonyl (C=O) groups excluding carboxylic acids is 1. The summed E-state index contributed by atoms with van der Waals surface area (Å²) >= 11 is 0. The van der Waals surface area contributed by atoms with E-state index in [9.17, 15) is 9.59 Å². The van der Waals surface area contributed by atoms with Gasteiger partial charge in [0.25, 0.3) is 0 Å². The van der Waals surface area contributed by atoms with E-state index in [0.29, 0.717) is 0 Å². The Morgan fingerprint density at radius 1 is 1.44 bits per heavy atom. The number of ether oxygens (including phenoxy) is 1. The molecular weight excluding hydrogens is 216 g/mol. The molecule has 2 atom stereocenters. The molecule has 2 unspecified atom stereocenters. The average molecular weight is 232 g/mol. The number of carbonyl (C=O) groups is 2. The van der Waals surface area contributed by atoms with Crippen LogP contribution in [0.1, 0.15) is 19.3 Å². The predicted octanol–water partition coefficient (Wildman–Crippen LogP) is -0.131. The molecule has 1 saturated carbocycles. The lowest BCUT2D eigenvalue weighted by Gasteiger charge is -2.19. The number of carboxylic acids is 1. The molecule has 0 aliphatic heterocycles. The van der Waals surface area contributed by atoms with Crippen LogP contribution in [0.4, 0.5) is 4.79 Å². The number of carboxylic acid groups (broad SMARTS) is 1. The maximum Gasteiger partial charge on any atom is 0.339 e. The van der Waals surface area contributed by atoms with Crippen molar-refractivity contribution in [3.05, 3.63) is 0 Å². The number of hydroxylamine groups is 1. The van der Waals surface area contributed by atoms with Crippen molar-refractivity contribution in [1.29, 1.82) is 0 Å². The summed E-state index contributed by atoms with van der Waals surface area (Å²) in [5.41, 5.74) is 2.00. The minimum absolute atomic E-state index is 0.0187. The van der Waals surface area contributed by atoms with Gasteiger partial charge >= 0.3 is 12.0 Å². The molecule has 0 aromatic heterocycles. The van der Waals surface area contributed by atoms with Gasteiger partial charge in [0.15, 0.2) is 6.61 Å². The van der Waals surface area contributed by atoms with Gasteiger partial charge in [0, 0.05) is 7.11 Å². The van der Waals surface area contributed by atoms with E-state index < -0.39 is 18.6 Å². The number of methoxy groups -OCH3 is 1. The highest BCUT2D eigenvalue weighted by atomic mass is 16.7. The molecule has 1 aliphatic carbocycles. The molecule has 16 heavy (non-hydrogen) atoms. The number of hydrogen-bond acceptors (Lipinski definition) is 4. The fourth-order valence-electron chi connectivity index (χ4n) is 1.73. The van der Waals surface area contributed by atoms with Crippen molar-refractivity contribution in [1.82, 2.24) is 10.8 Å². The number of rotatable bonds is 5. The molecule has 1 rings (SSSR count). The van der Waals surface area contributed by atoms with Gasteiger partial charge in [-0.3, -0.25) is 4.84 Å². The van der Waals surface area contributed by atoms with Crippen LogP contribution < -0.4 is 10.8 Å². The van der Waals surface area contributed by atoms with E-state index in [0.717, 1.165) is 19.3 Å². The van der Waals surface area contributed by atoms with Crippen molar-refractivity contribution < 1.29 is 24.3 Å². The largest absolute Gasteiger partial charge is 0.479 e. The first kappa shape index (κ1) is 12.7. The second kappa shape index (κ2) is 6.29. The molecule has 2 amide bonds. The van der Waals surface area contributed by atoms with E-state index in [1.807, 2.05) is 5.48 Å². The highest BCUT2D eigenvalue weighted by Crippen LogP contribution is 2.21. The topological polar surface area (TPSA) is 96.9 Å². The molecule has 0 bridgehead atoms. The first-order valence-corrected chi connectivity index (χ1v) is 5.06. The molecule has 0 heterocycles. The third-order valence-corrected chi connectivity index (χ3v) is 2.43. The standard InChI is InChI=1S/C9H16N2O5/c1-15-7-4-2-3-6(7)10-9(14)11-16-5-8(12)13/h6-7H,2-5H2,1H3,(H,12,13)(H2,10,11,14). The zero-order chi connectivity index (χ0) is 12.0. The predicted molar refractivity (Wildman–Crippen MR) is 53.7 cm³/mol. The van der Waals surface area contributed by atoms with Gasteiger partial charge < -0.3 is 15.2 Å². The van der Waals surface area contributed by atoms with Crippen molar-refractivity contribution in [2.75, 3.05) is 13.7 Å². The molecule has 0 spiro atoms. The zero-order valence-corrected chi connectivity index (χ0v) is 9.06. The van der Waals surface area contributed by atoms with Gasteiger partial charge in [-0.1, -0.05) is 0 Å². The smallest absolute Gasteiger partial charge is 0.339 e. The summed E-state index contributed by atoms with van der Waals surface area (Å²) in [5, 5.41) is 10.9. The van der Waals surface area contributed by atoms with Crippen LogP contribution in [0, 0.1) is 0 Å². The Bertz CT molecular complexity index is 258. The Labute approximate surface area is 93.1 Å². The summed E-state index contributed by atoms with van der Waals surface area (Å²) in [6, 6.07) is -0.589. The van der Waals surface area contributed by atoms with Gasteiger partial charge in [-0.05, 0) is 19.3 Å². The second-order valence-corrected chi connectivity index (χ2v) is 3.57. The summed E-state index contributed by atoms with van der Waals surface area (Å²) < 4.78 is 5.19. The normalized spacial score (nSPS) is 24.1. The van der Waals surface area contributed by atoms with Gasteiger partial charge in [0.1, 0.15) is 0 Å². The van der Waals surface area contributed by atoms with Crippen LogP contribution in [0.25, 0.3) is 0 Å². The number of hydrogen-bond donors (Lipinski definition) is 3. The summed E-state index contributed by atoms with van der Waals surface area (Å²) in [6.07, 6.45) is 2.78. The fraction of sp³-hybridized carbons (Fsp3) is 0.778. The molecule has 0 aromatic carbocycles. The van der Waals surface area contributed by atoms with Crippen molar-refractivity contribution in [2.24, 2.45) is 0 Å². The monoisotopic (exact) mass is 232 g/mol. The number of urea groups is 1. The quantitative estimate of drug-likeness (QED) is 0.574. The highest BCUT2D eigenvalue weighted by Gasteiger charge is 2.28. The van der Waals surface area contributed by atoms with Crippen LogP contribution in [0.5, 0.6) is 0 Å². The molecule has 0 aromatic rings. The van der Waals surface area contributed by atoms with Crippen LogP contribution in [-0.2, 0) is 14.4 Å². The van der Waals surface area contributed by atoms with E-state index in [1.165, 1.54) is 0 Å². The SMILES string of the molecule is COC1CCCC1NC(=O)NOCC(=O)O. The zero-order valence-electron chi connectivity index (χ0n) is 9.06. The minimum atomic E-state index is -1.14. The lowest BCUT2D eigenvalue weighted by Crippen LogP contribution is -2.46. The van der Waals surface area contributed by atoms with E-state index >= 15 is 0 Å². The summed E-state index contributed by atoms with van der Waals surface area (Å²) in [4.78, 5) is 25.8. The molecule has 92 valence electrons. The second-order valence-electron chi connectivity index (χ2n) is 3.57. The average Bonchev–Trinajstić information content (AvgIpc) is 2.64. The van der Waals surface area contributed by atoms with Gasteiger partial charge in [-0.15, -0.1) is 0 Å². The van der Waals surface area contributed by atoms with Crippen LogP contribution in [0.3, 0.4) is 0 Å². The molecule has 0 saturated heterocycles. The summed E-state index contributed by atoms with van der Waals surface area (Å²) in [5.74, 6) is -1.14. The maximum absolute atomic E-state index is 11.2. The molecule has 0 radical (unpaired) electrons. The molecule has 7 nitrogen and oxygen atoms in total. The Morgan fingerprint density at radius 2 is 2.19 bits per heavy atom. The lowest BCUT2D eigenvalue weighted by atomic mass is 10.2. The minimum Gasteiger partial charge on any atom is -0.479 e. The first-order valence-electron chi connectivity index (χ1n) is 5.06. The van der Waals surface area contributed by atoms with Gasteiger partial charge in [0.2, 0.25) is 0 Å². The number of amides is 2. The molecule has 1 aliphatic rings. The molecule has 1 fully saturated rings. The lowest BCUT2D eigenvalue weighted by molar-refractivity contribution is -0.144. The Balaban J connectivity index is 2.20. The molecule has 7 heteroatoms. The van der Waals surface area contributed by atoms with E-state index in [1.54, 1.807) is 7.11 Å². The number of nitrogens with one attached hydrogen (secondary N) is 2. The molecule has 3 N–H and O–H groups in total. The highest BCUT2D eigenvalue weighted by molar-refractivity contribution is 5.73. The first-order chi connectivity index (χ1) is 7.63. The van der Waals surface area contributed by atoms with Gasteiger partial charge in [-0.2, -0.15) is 0 Å². The van der Waals surface area contributed by atoms with Crippen LogP contribution in [0.15, 0.2) is 0 Å². The van der Waals surface area contributed by atoms with Crippen molar-refractivity contribution in [3.8, 4) is 0 Å². The van der Waals surface area contributed by atoms with E-state index in [4.69, 9.17) is 9.84 Å². The summed E-state index contributed by atoms with van der Waals surface area (Å²) in [6.45, 7) is -0.564. The van der Waals surface area contributed by atoms with Gasteiger partial charge in [0.05, 0.1) is 12.1 Å².